The zero-order chi connectivity index (χ0) is 20.3. The molecule has 8 heteroatoms. The zero-order valence-corrected chi connectivity index (χ0v) is 16.3. The van der Waals surface area contributed by atoms with Crippen molar-refractivity contribution in [1.29, 1.82) is 0 Å². The molecule has 5 nitrogen and oxygen atoms in total. The molecule has 150 valence electrons. The van der Waals surface area contributed by atoms with E-state index in [4.69, 9.17) is 0 Å². The molecule has 1 aliphatic rings. The van der Waals surface area contributed by atoms with Gasteiger partial charge in [-0.15, -0.1) is 0 Å². The number of hydrogen-bond donors (Lipinski definition) is 1. The summed E-state index contributed by atoms with van der Waals surface area (Å²) in [5, 5.41) is 2.68. The van der Waals surface area contributed by atoms with Crippen LogP contribution in [0.5, 0.6) is 0 Å². The van der Waals surface area contributed by atoms with Crippen LogP contribution in [0.3, 0.4) is 0 Å². The van der Waals surface area contributed by atoms with Crippen molar-refractivity contribution in [3.8, 4) is 0 Å². The summed E-state index contributed by atoms with van der Waals surface area (Å²) in [4.78, 5) is 12.5. The van der Waals surface area contributed by atoms with Crippen LogP contribution in [0.2, 0.25) is 0 Å². The van der Waals surface area contributed by atoms with Crippen molar-refractivity contribution in [2.45, 2.75) is 37.1 Å². The highest BCUT2D eigenvalue weighted by atomic mass is 32.2. The predicted molar refractivity (Wildman–Crippen MR) is 101 cm³/mol. The van der Waals surface area contributed by atoms with E-state index in [9.17, 15) is 22.0 Å². The van der Waals surface area contributed by atoms with Gasteiger partial charge in [0.15, 0.2) is 0 Å². The van der Waals surface area contributed by atoms with E-state index in [-0.39, 0.29) is 22.4 Å². The van der Waals surface area contributed by atoms with E-state index in [1.165, 1.54) is 46.8 Å². The summed E-state index contributed by atoms with van der Waals surface area (Å²) in [6.07, 6.45) is 1.70. The Bertz CT molecular complexity index is 936. The quantitative estimate of drug-likeness (QED) is 0.799. The molecule has 1 amide bonds. The zero-order valence-electron chi connectivity index (χ0n) is 15.5. The normalized spacial score (nSPS) is 16.1. The molecule has 28 heavy (non-hydrogen) atoms. The fourth-order valence-electron chi connectivity index (χ4n) is 3.25. The summed E-state index contributed by atoms with van der Waals surface area (Å²) in [7, 11) is -3.54. The number of nitrogens with one attached hydrogen (secondary N) is 1. The van der Waals surface area contributed by atoms with Crippen LogP contribution in [0.15, 0.2) is 47.4 Å². The van der Waals surface area contributed by atoms with Crippen LogP contribution in [0.25, 0.3) is 0 Å². The van der Waals surface area contributed by atoms with Crippen LogP contribution in [-0.4, -0.2) is 37.8 Å². The molecule has 1 N–H and O–H groups in total. The maximum Gasteiger partial charge on any atom is 0.251 e. The van der Waals surface area contributed by atoms with Gasteiger partial charge in [0, 0.05) is 30.3 Å². The number of benzene rings is 2. The lowest BCUT2D eigenvalue weighted by atomic mass is 10.1. The van der Waals surface area contributed by atoms with Crippen molar-refractivity contribution in [2.24, 2.45) is 0 Å². The Labute approximate surface area is 163 Å². The van der Waals surface area contributed by atoms with Crippen LogP contribution in [0.4, 0.5) is 8.78 Å². The molecular formula is C20H22F2N2O3S. The van der Waals surface area contributed by atoms with Gasteiger partial charge >= 0.3 is 0 Å². The van der Waals surface area contributed by atoms with Gasteiger partial charge in [0.05, 0.1) is 4.90 Å². The first-order valence-corrected chi connectivity index (χ1v) is 10.6. The molecule has 0 aliphatic carbocycles. The maximum atomic E-state index is 13.7. The third-order valence-electron chi connectivity index (χ3n) is 4.77. The molecule has 1 aliphatic heterocycles. The third kappa shape index (κ3) is 4.39. The number of hydrogen-bond acceptors (Lipinski definition) is 3. The average molecular weight is 408 g/mol. The van der Waals surface area contributed by atoms with Gasteiger partial charge in [-0.3, -0.25) is 4.79 Å². The molecule has 2 aromatic carbocycles. The van der Waals surface area contributed by atoms with Gasteiger partial charge in [-0.25, -0.2) is 17.2 Å². The van der Waals surface area contributed by atoms with Crippen molar-refractivity contribution in [2.75, 3.05) is 13.1 Å². The second-order valence-corrected chi connectivity index (χ2v) is 8.85. The van der Waals surface area contributed by atoms with Gasteiger partial charge in [0.1, 0.15) is 11.6 Å². The van der Waals surface area contributed by atoms with Crippen LogP contribution in [0, 0.1) is 11.6 Å². The first kappa shape index (κ1) is 20.4. The van der Waals surface area contributed by atoms with Crippen LogP contribution in [-0.2, 0) is 16.4 Å². The monoisotopic (exact) mass is 408 g/mol. The number of nitrogens with zero attached hydrogens (tertiary/aromatic N) is 1. The van der Waals surface area contributed by atoms with Crippen molar-refractivity contribution in [3.05, 3.63) is 65.2 Å². The number of rotatable bonds is 6. The minimum atomic E-state index is -3.54. The fourth-order valence-corrected chi connectivity index (χ4v) is 4.76. The van der Waals surface area contributed by atoms with E-state index < -0.39 is 33.6 Å². The van der Waals surface area contributed by atoms with E-state index in [2.05, 4.69) is 5.32 Å². The van der Waals surface area contributed by atoms with Gasteiger partial charge in [-0.05, 0) is 62.6 Å². The van der Waals surface area contributed by atoms with Gasteiger partial charge in [-0.2, -0.15) is 4.31 Å². The van der Waals surface area contributed by atoms with Crippen LogP contribution >= 0.6 is 0 Å². The molecular weight excluding hydrogens is 386 g/mol. The Hall–Kier alpha value is -2.32. The van der Waals surface area contributed by atoms with Crippen molar-refractivity contribution in [1.82, 2.24) is 9.62 Å². The standard InChI is InChI=1S/C20H22F2N2O3S/c1-14(13-17-18(21)5-4-6-19(17)22)23-20(25)15-7-9-16(10-8-15)28(26,27)24-11-2-3-12-24/h4-10,14H,2-3,11-13H2,1H3,(H,23,25)/t14-/m1/s1. The van der Waals surface area contributed by atoms with E-state index in [0.717, 1.165) is 12.8 Å². The molecule has 3 rings (SSSR count). The second-order valence-electron chi connectivity index (χ2n) is 6.91. The Morgan fingerprint density at radius 2 is 1.64 bits per heavy atom. The highest BCUT2D eigenvalue weighted by Gasteiger charge is 2.27. The Kier molecular flexibility index (Phi) is 6.10. The Morgan fingerprint density at radius 3 is 2.21 bits per heavy atom. The average Bonchev–Trinajstić information content (AvgIpc) is 3.20. The molecule has 0 saturated carbocycles. The summed E-state index contributed by atoms with van der Waals surface area (Å²) in [5.41, 5.74) is 0.198. The smallest absolute Gasteiger partial charge is 0.251 e. The first-order valence-electron chi connectivity index (χ1n) is 9.13. The van der Waals surface area contributed by atoms with E-state index in [1.807, 2.05) is 0 Å². The molecule has 0 spiro atoms. The molecule has 1 saturated heterocycles. The fraction of sp³-hybridized carbons (Fsp3) is 0.350. The van der Waals surface area contributed by atoms with Crippen molar-refractivity contribution in [3.63, 3.8) is 0 Å². The van der Waals surface area contributed by atoms with Crippen molar-refractivity contribution >= 4 is 15.9 Å². The largest absolute Gasteiger partial charge is 0.349 e. The van der Waals surface area contributed by atoms with Gasteiger partial charge in [0.25, 0.3) is 5.91 Å². The lowest BCUT2D eigenvalue weighted by Crippen LogP contribution is -2.34. The summed E-state index contributed by atoms with van der Waals surface area (Å²) in [6, 6.07) is 8.82. The number of halogens is 2. The Balaban J connectivity index is 1.66. The first-order chi connectivity index (χ1) is 13.3. The second kappa shape index (κ2) is 8.36. The lowest BCUT2D eigenvalue weighted by molar-refractivity contribution is 0.0939. The van der Waals surface area contributed by atoms with Crippen LogP contribution in [0.1, 0.15) is 35.7 Å². The number of sulfonamides is 1. The minimum Gasteiger partial charge on any atom is -0.349 e. The van der Waals surface area contributed by atoms with Gasteiger partial charge in [-0.1, -0.05) is 6.07 Å². The van der Waals surface area contributed by atoms with E-state index in [1.54, 1.807) is 6.92 Å². The van der Waals surface area contributed by atoms with E-state index >= 15 is 0 Å². The number of amides is 1. The molecule has 0 aromatic heterocycles. The number of carbonyl (C=O) groups is 1. The molecule has 2 aromatic rings. The summed E-state index contributed by atoms with van der Waals surface area (Å²) in [5.74, 6) is -1.75. The summed E-state index contributed by atoms with van der Waals surface area (Å²) in [6.45, 7) is 2.67. The number of carbonyl (C=O) groups excluding carboxylic acids is 1. The molecule has 1 heterocycles. The predicted octanol–water partition coefficient (Wildman–Crippen LogP) is 3.11. The third-order valence-corrected chi connectivity index (χ3v) is 6.68. The summed E-state index contributed by atoms with van der Waals surface area (Å²) < 4.78 is 54.0. The van der Waals surface area contributed by atoms with Gasteiger partial charge < -0.3 is 5.32 Å². The highest BCUT2D eigenvalue weighted by molar-refractivity contribution is 7.89. The van der Waals surface area contributed by atoms with Crippen LogP contribution < -0.4 is 5.32 Å². The molecule has 1 fully saturated rings. The highest BCUT2D eigenvalue weighted by Crippen LogP contribution is 2.21. The molecule has 0 bridgehead atoms. The lowest BCUT2D eigenvalue weighted by Gasteiger charge is -2.17. The van der Waals surface area contributed by atoms with E-state index in [0.29, 0.717) is 13.1 Å². The minimum absolute atomic E-state index is 0.00562. The molecule has 0 radical (unpaired) electrons. The molecule has 0 unspecified atom stereocenters. The molecule has 1 atom stereocenters. The SMILES string of the molecule is C[C@H](Cc1c(F)cccc1F)NC(=O)c1ccc(S(=O)(=O)N2CCCC2)cc1. The topological polar surface area (TPSA) is 66.5 Å². The maximum absolute atomic E-state index is 13.7. The van der Waals surface area contributed by atoms with Crippen molar-refractivity contribution < 1.29 is 22.0 Å². The summed E-state index contributed by atoms with van der Waals surface area (Å²) >= 11 is 0. The Morgan fingerprint density at radius 1 is 1.07 bits per heavy atom. The van der Waals surface area contributed by atoms with Gasteiger partial charge in [0.2, 0.25) is 10.0 Å².